The molecule has 0 saturated heterocycles. The average Bonchev–Trinajstić information content (AvgIpc) is 3.03. The van der Waals surface area contributed by atoms with Crippen molar-refractivity contribution in [1.82, 2.24) is 15.3 Å². The van der Waals surface area contributed by atoms with Crippen molar-refractivity contribution in [2.45, 2.75) is 26.5 Å². The van der Waals surface area contributed by atoms with E-state index in [9.17, 15) is 9.59 Å². The van der Waals surface area contributed by atoms with Crippen LogP contribution < -0.4 is 20.7 Å². The van der Waals surface area contributed by atoms with Gasteiger partial charge in [-0.3, -0.25) is 9.59 Å². The lowest BCUT2D eigenvalue weighted by Gasteiger charge is -2.13. The van der Waals surface area contributed by atoms with Gasteiger partial charge in [0.05, 0.1) is 18.9 Å². The number of rotatable bonds is 15. The van der Waals surface area contributed by atoms with Crippen molar-refractivity contribution in [3.8, 4) is 17.0 Å². The number of amides is 2. The average molecular weight is 578 g/mol. The highest BCUT2D eigenvalue weighted by molar-refractivity contribution is 6.04. The van der Waals surface area contributed by atoms with Crippen LogP contribution in [0.1, 0.15) is 34.8 Å². The minimum Gasteiger partial charge on any atom is -0.493 e. The molecular formula is C34H35N5O4. The first kappa shape index (κ1) is 30.7. The largest absolute Gasteiger partial charge is 0.493 e. The molecule has 0 atom stereocenters. The highest BCUT2D eigenvalue weighted by Crippen LogP contribution is 2.26. The summed E-state index contributed by atoms with van der Waals surface area (Å²) in [6.07, 6.45) is 5.47. The molecule has 2 amide bonds. The predicted octanol–water partition coefficient (Wildman–Crippen LogP) is 6.43. The van der Waals surface area contributed by atoms with Crippen molar-refractivity contribution in [2.75, 3.05) is 23.8 Å². The Balaban J connectivity index is 1.52. The quantitative estimate of drug-likeness (QED) is 0.0847. The predicted molar refractivity (Wildman–Crippen MR) is 169 cm³/mol. The lowest BCUT2D eigenvalue weighted by atomic mass is 10.1. The van der Waals surface area contributed by atoms with Crippen LogP contribution in [-0.2, 0) is 22.7 Å². The smallest absolute Gasteiger partial charge is 0.255 e. The Morgan fingerprint density at radius 2 is 1.79 bits per heavy atom. The standard InChI is InChI=1S/C34H35N5O4/c1-4-7-16-43-30-13-9-11-26(20-30)31-14-15-35-34(39-31)38-29-19-25(23-42-6-3)18-28(21-29)37-33(41)27-12-8-10-24(17-27)22-36-32(40)5-2/h4-5,8-15,17-21H,1-2,6-7,16,22-23H2,3H3,(H,36,40)(H,37,41)(H,35,38,39). The minimum atomic E-state index is -0.287. The maximum atomic E-state index is 13.2. The molecule has 0 aliphatic carbocycles. The van der Waals surface area contributed by atoms with E-state index >= 15 is 0 Å². The van der Waals surface area contributed by atoms with Gasteiger partial charge in [-0.2, -0.15) is 0 Å². The van der Waals surface area contributed by atoms with Crippen LogP contribution in [-0.4, -0.2) is 35.0 Å². The molecule has 4 aromatic rings. The number of ether oxygens (including phenoxy) is 2. The van der Waals surface area contributed by atoms with E-state index in [1.165, 1.54) is 6.08 Å². The third kappa shape index (κ3) is 9.37. The Kier molecular flexibility index (Phi) is 11.2. The van der Waals surface area contributed by atoms with Crippen LogP contribution in [0.25, 0.3) is 11.3 Å². The van der Waals surface area contributed by atoms with Gasteiger partial charge in [0, 0.05) is 41.9 Å². The summed E-state index contributed by atoms with van der Waals surface area (Å²) in [5.74, 6) is 0.585. The van der Waals surface area contributed by atoms with Crippen molar-refractivity contribution in [3.63, 3.8) is 0 Å². The molecule has 0 aliphatic heterocycles. The summed E-state index contributed by atoms with van der Waals surface area (Å²) in [6, 6.07) is 22.2. The fourth-order valence-corrected chi connectivity index (χ4v) is 4.14. The second-order valence-electron chi connectivity index (χ2n) is 9.48. The Labute approximate surface area is 251 Å². The summed E-state index contributed by atoms with van der Waals surface area (Å²) in [5, 5.41) is 8.95. The summed E-state index contributed by atoms with van der Waals surface area (Å²) < 4.78 is 11.4. The second kappa shape index (κ2) is 15.6. The Bertz CT molecular complexity index is 1590. The van der Waals surface area contributed by atoms with Crippen LogP contribution in [0.3, 0.4) is 0 Å². The monoisotopic (exact) mass is 577 g/mol. The third-order valence-corrected chi connectivity index (χ3v) is 6.20. The van der Waals surface area contributed by atoms with Gasteiger partial charge in [-0.05, 0) is 79.1 Å². The van der Waals surface area contributed by atoms with Crippen molar-refractivity contribution < 1.29 is 19.1 Å². The molecule has 4 rings (SSSR count). The number of hydrogen-bond acceptors (Lipinski definition) is 7. The van der Waals surface area contributed by atoms with Crippen LogP contribution in [0.15, 0.2) is 104 Å². The zero-order valence-electron chi connectivity index (χ0n) is 24.1. The van der Waals surface area contributed by atoms with Crippen LogP contribution in [0.2, 0.25) is 0 Å². The molecule has 0 unspecified atom stereocenters. The van der Waals surface area contributed by atoms with Gasteiger partial charge in [0.25, 0.3) is 5.91 Å². The Morgan fingerprint density at radius 3 is 2.60 bits per heavy atom. The highest BCUT2D eigenvalue weighted by atomic mass is 16.5. The third-order valence-electron chi connectivity index (χ3n) is 6.20. The molecule has 1 aromatic heterocycles. The van der Waals surface area contributed by atoms with Gasteiger partial charge in [0.15, 0.2) is 0 Å². The molecule has 43 heavy (non-hydrogen) atoms. The second-order valence-corrected chi connectivity index (χ2v) is 9.48. The van der Waals surface area contributed by atoms with Gasteiger partial charge in [-0.25, -0.2) is 9.97 Å². The van der Waals surface area contributed by atoms with Crippen molar-refractivity contribution >= 4 is 29.1 Å². The van der Waals surface area contributed by atoms with Crippen LogP contribution in [0, 0.1) is 0 Å². The number of benzene rings is 3. The fourth-order valence-electron chi connectivity index (χ4n) is 4.14. The first-order valence-electron chi connectivity index (χ1n) is 13.9. The van der Waals surface area contributed by atoms with Gasteiger partial charge < -0.3 is 25.4 Å². The van der Waals surface area contributed by atoms with Crippen molar-refractivity contribution in [3.05, 3.63) is 121 Å². The summed E-state index contributed by atoms with van der Waals surface area (Å²) in [7, 11) is 0. The lowest BCUT2D eigenvalue weighted by Crippen LogP contribution is -2.20. The maximum Gasteiger partial charge on any atom is 0.255 e. The maximum absolute atomic E-state index is 13.2. The van der Waals surface area contributed by atoms with Crippen LogP contribution in [0.5, 0.6) is 5.75 Å². The molecule has 3 aromatic carbocycles. The number of carbonyl (C=O) groups excluding carboxylic acids is 2. The van der Waals surface area contributed by atoms with Crippen LogP contribution in [0.4, 0.5) is 17.3 Å². The molecule has 220 valence electrons. The molecule has 0 fully saturated rings. The lowest BCUT2D eigenvalue weighted by molar-refractivity contribution is -0.116. The first-order valence-corrected chi connectivity index (χ1v) is 13.9. The summed E-state index contributed by atoms with van der Waals surface area (Å²) >= 11 is 0. The summed E-state index contributed by atoms with van der Waals surface area (Å²) in [4.78, 5) is 33.8. The van der Waals surface area contributed by atoms with Gasteiger partial charge in [-0.15, -0.1) is 6.58 Å². The van der Waals surface area contributed by atoms with E-state index < -0.39 is 0 Å². The van der Waals surface area contributed by atoms with Crippen molar-refractivity contribution in [1.29, 1.82) is 0 Å². The topological polar surface area (TPSA) is 114 Å². The molecule has 1 heterocycles. The molecule has 0 spiro atoms. The van der Waals surface area contributed by atoms with Gasteiger partial charge in [-0.1, -0.05) is 36.9 Å². The van der Waals surface area contributed by atoms with E-state index in [2.05, 4.69) is 34.1 Å². The van der Waals surface area contributed by atoms with Gasteiger partial charge in [0.2, 0.25) is 11.9 Å². The summed E-state index contributed by atoms with van der Waals surface area (Å²) in [5.41, 5.74) is 5.01. The first-order chi connectivity index (χ1) is 21.0. The van der Waals surface area contributed by atoms with Gasteiger partial charge >= 0.3 is 0 Å². The molecule has 9 nitrogen and oxygen atoms in total. The molecule has 0 aliphatic rings. The molecule has 3 N–H and O–H groups in total. The highest BCUT2D eigenvalue weighted by Gasteiger charge is 2.11. The molecule has 0 saturated carbocycles. The fraction of sp³-hybridized carbons (Fsp3) is 0.176. The van der Waals surface area contributed by atoms with E-state index in [-0.39, 0.29) is 18.4 Å². The zero-order chi connectivity index (χ0) is 30.4. The van der Waals surface area contributed by atoms with E-state index in [1.807, 2.05) is 67.6 Å². The number of carbonyl (C=O) groups is 2. The number of aromatic nitrogens is 2. The number of nitrogens with one attached hydrogen (secondary N) is 3. The van der Waals surface area contributed by atoms with Crippen LogP contribution >= 0.6 is 0 Å². The molecule has 9 heteroatoms. The Hall–Kier alpha value is -5.28. The number of nitrogens with zero attached hydrogens (tertiary/aromatic N) is 2. The SMILES string of the molecule is C=CCCOc1cccc(-c2ccnc(Nc3cc(COCC)cc(NC(=O)c4cccc(CNC(=O)C=C)c4)c3)n2)c1. The van der Waals surface area contributed by atoms with Gasteiger partial charge in [0.1, 0.15) is 5.75 Å². The molecular weight excluding hydrogens is 542 g/mol. The van der Waals surface area contributed by atoms with E-state index in [0.717, 1.165) is 34.6 Å². The Morgan fingerprint density at radius 1 is 0.953 bits per heavy atom. The van der Waals surface area contributed by atoms with E-state index in [4.69, 9.17) is 14.5 Å². The van der Waals surface area contributed by atoms with Crippen molar-refractivity contribution in [2.24, 2.45) is 0 Å². The van der Waals surface area contributed by atoms with E-state index in [0.29, 0.717) is 42.7 Å². The minimum absolute atomic E-state index is 0.280. The molecule has 0 bridgehead atoms. The number of hydrogen-bond donors (Lipinski definition) is 3. The normalized spacial score (nSPS) is 10.4. The summed E-state index contributed by atoms with van der Waals surface area (Å²) in [6.45, 7) is 10.9. The zero-order valence-corrected chi connectivity index (χ0v) is 24.1. The molecule has 0 radical (unpaired) electrons. The van der Waals surface area contributed by atoms with E-state index in [1.54, 1.807) is 24.4 Å². The number of anilines is 3.